The molecule has 0 bridgehead atoms. The van der Waals surface area contributed by atoms with Crippen molar-refractivity contribution in [1.29, 1.82) is 0 Å². The molecule has 0 aliphatic carbocycles. The molecule has 2 aromatic rings. The molecule has 142 valence electrons. The van der Waals surface area contributed by atoms with E-state index < -0.39 is 12.2 Å². The topological polar surface area (TPSA) is 83.8 Å². The number of urea groups is 1. The van der Waals surface area contributed by atoms with Crippen LogP contribution in [0.4, 0.5) is 10.7 Å². The van der Waals surface area contributed by atoms with E-state index in [2.05, 4.69) is 10.2 Å². The van der Waals surface area contributed by atoms with Crippen LogP contribution in [0.5, 0.6) is 0 Å². The molecule has 1 fully saturated rings. The van der Waals surface area contributed by atoms with Crippen molar-refractivity contribution in [1.82, 2.24) is 24.6 Å². The highest BCUT2D eigenvalue weighted by atomic mass is 35.5. The van der Waals surface area contributed by atoms with Gasteiger partial charge in [-0.05, 0) is 24.3 Å². The van der Waals surface area contributed by atoms with Gasteiger partial charge in [0.2, 0.25) is 5.95 Å². The van der Waals surface area contributed by atoms with Crippen molar-refractivity contribution < 1.29 is 14.3 Å². The fourth-order valence-electron chi connectivity index (χ4n) is 3.66. The lowest BCUT2D eigenvalue weighted by Crippen LogP contribution is -2.61. The third-order valence-corrected chi connectivity index (χ3v) is 5.28. The highest BCUT2D eigenvalue weighted by Gasteiger charge is 2.54. The van der Waals surface area contributed by atoms with Gasteiger partial charge in [-0.25, -0.2) is 4.79 Å². The van der Waals surface area contributed by atoms with E-state index in [1.807, 2.05) is 21.6 Å². The van der Waals surface area contributed by atoms with Crippen LogP contribution in [0.25, 0.3) is 11.4 Å². The van der Waals surface area contributed by atoms with E-state index in [-0.39, 0.29) is 11.9 Å². The number of fused-ring (bicyclic) bond motifs is 3. The first kappa shape index (κ1) is 17.7. The number of carbonyl (C=O) groups is 2. The highest BCUT2D eigenvalue weighted by molar-refractivity contribution is 6.30. The van der Waals surface area contributed by atoms with Crippen molar-refractivity contribution in [2.75, 3.05) is 39.3 Å². The van der Waals surface area contributed by atoms with Crippen molar-refractivity contribution in [3.8, 4) is 11.4 Å². The summed E-state index contributed by atoms with van der Waals surface area (Å²) in [6.45, 7) is 0.874. The van der Waals surface area contributed by atoms with Crippen LogP contribution in [-0.4, -0.2) is 76.9 Å². The van der Waals surface area contributed by atoms with Gasteiger partial charge < -0.3 is 14.5 Å². The fourth-order valence-corrected chi connectivity index (χ4v) is 3.79. The Bertz CT molecular complexity index is 899. The van der Waals surface area contributed by atoms with E-state index in [1.165, 1.54) is 7.05 Å². The second-order valence-corrected chi connectivity index (χ2v) is 6.97. The smallest absolute Gasteiger partial charge is 0.327 e. The summed E-state index contributed by atoms with van der Waals surface area (Å²) in [5, 5.41) is 9.24. The molecule has 1 aromatic heterocycles. The molecule has 2 unspecified atom stereocenters. The quantitative estimate of drug-likeness (QED) is 0.785. The number of rotatable bonds is 4. The lowest BCUT2D eigenvalue weighted by Gasteiger charge is -2.40. The lowest BCUT2D eigenvalue weighted by molar-refractivity contribution is -0.133. The van der Waals surface area contributed by atoms with Crippen LogP contribution < -0.4 is 4.90 Å². The molecule has 0 spiro atoms. The molecule has 0 radical (unpaired) electrons. The molecule has 2 aliphatic rings. The van der Waals surface area contributed by atoms with Crippen LogP contribution in [-0.2, 0) is 9.53 Å². The van der Waals surface area contributed by atoms with Gasteiger partial charge in [0.15, 0.2) is 11.9 Å². The predicted octanol–water partition coefficient (Wildman–Crippen LogP) is 1.46. The minimum absolute atomic E-state index is 0.272. The van der Waals surface area contributed by atoms with Gasteiger partial charge in [0.25, 0.3) is 5.91 Å². The van der Waals surface area contributed by atoms with Gasteiger partial charge in [0.1, 0.15) is 6.17 Å². The number of aromatic nitrogens is 3. The standard InChI is InChI=1S/C17H19ClN6O3/c1-21-14-12(15(25)22(2)17(21)26)23(8-9-27-3)16-20-19-13(24(14)16)10-4-6-11(18)7-5-10/h4-7,12,14H,8-9H2,1-3H3. The molecule has 3 amide bonds. The third kappa shape index (κ3) is 2.57. The summed E-state index contributed by atoms with van der Waals surface area (Å²) in [6.07, 6.45) is -0.534. The average Bonchev–Trinajstić information content (AvgIpc) is 3.22. The van der Waals surface area contributed by atoms with Gasteiger partial charge in [-0.3, -0.25) is 14.3 Å². The van der Waals surface area contributed by atoms with E-state index in [0.29, 0.717) is 29.9 Å². The van der Waals surface area contributed by atoms with Crippen molar-refractivity contribution in [2.24, 2.45) is 0 Å². The number of amides is 3. The number of carbonyl (C=O) groups excluding carboxylic acids is 2. The van der Waals surface area contributed by atoms with E-state index in [4.69, 9.17) is 16.3 Å². The van der Waals surface area contributed by atoms with Crippen LogP contribution in [0.2, 0.25) is 5.02 Å². The first-order chi connectivity index (χ1) is 13.0. The van der Waals surface area contributed by atoms with E-state index in [0.717, 1.165) is 10.5 Å². The molecule has 4 rings (SSSR count). The minimum atomic E-state index is -0.579. The monoisotopic (exact) mass is 390 g/mol. The number of benzene rings is 1. The molecule has 3 heterocycles. The number of nitrogens with zero attached hydrogens (tertiary/aromatic N) is 6. The number of methoxy groups -OCH3 is 1. The van der Waals surface area contributed by atoms with Crippen molar-refractivity contribution >= 4 is 29.5 Å². The average molecular weight is 391 g/mol. The SMILES string of the molecule is COCCN1c2nnc(-c3ccc(Cl)cc3)n2C2C1C(=O)N(C)C(=O)N2C. The number of ether oxygens (including phenoxy) is 1. The Morgan fingerprint density at radius 3 is 2.52 bits per heavy atom. The van der Waals surface area contributed by atoms with E-state index in [1.54, 1.807) is 31.2 Å². The summed E-state index contributed by atoms with van der Waals surface area (Å²) >= 11 is 5.99. The molecular weight excluding hydrogens is 372 g/mol. The normalized spacial score (nSPS) is 21.7. The highest BCUT2D eigenvalue weighted by Crippen LogP contribution is 2.41. The lowest BCUT2D eigenvalue weighted by atomic mass is 10.1. The molecule has 0 saturated carbocycles. The fraction of sp³-hybridized carbons (Fsp3) is 0.412. The van der Waals surface area contributed by atoms with Gasteiger partial charge >= 0.3 is 6.03 Å². The van der Waals surface area contributed by atoms with Gasteiger partial charge in [0.05, 0.1) is 6.61 Å². The van der Waals surface area contributed by atoms with E-state index >= 15 is 0 Å². The maximum Gasteiger partial charge on any atom is 0.327 e. The number of anilines is 1. The Morgan fingerprint density at radius 2 is 1.85 bits per heavy atom. The number of hydrogen-bond acceptors (Lipinski definition) is 6. The molecule has 2 atom stereocenters. The molecule has 1 saturated heterocycles. The Kier molecular flexibility index (Phi) is 4.27. The summed E-state index contributed by atoms with van der Waals surface area (Å²) in [4.78, 5) is 30.0. The number of hydrogen-bond donors (Lipinski definition) is 0. The maximum absolute atomic E-state index is 12.9. The zero-order valence-corrected chi connectivity index (χ0v) is 15.9. The summed E-state index contributed by atoms with van der Waals surface area (Å²) in [5.41, 5.74) is 0.803. The second-order valence-electron chi connectivity index (χ2n) is 6.54. The Balaban J connectivity index is 1.85. The number of halogens is 1. The number of likely N-dealkylation sites (N-methyl/N-ethyl adjacent to an activating group) is 2. The molecular formula is C17H19ClN6O3. The van der Waals surface area contributed by atoms with Gasteiger partial charge in [0, 0.05) is 38.3 Å². The van der Waals surface area contributed by atoms with Gasteiger partial charge in [-0.1, -0.05) is 11.6 Å². The summed E-state index contributed by atoms with van der Waals surface area (Å²) in [7, 11) is 4.77. The van der Waals surface area contributed by atoms with Crippen LogP contribution in [0.1, 0.15) is 6.17 Å². The van der Waals surface area contributed by atoms with E-state index in [9.17, 15) is 9.59 Å². The van der Waals surface area contributed by atoms with Crippen molar-refractivity contribution in [3.05, 3.63) is 29.3 Å². The Morgan fingerprint density at radius 1 is 1.15 bits per heavy atom. The molecule has 2 aliphatic heterocycles. The second kappa shape index (κ2) is 6.50. The molecule has 9 nitrogen and oxygen atoms in total. The van der Waals surface area contributed by atoms with Crippen molar-refractivity contribution in [3.63, 3.8) is 0 Å². The van der Waals surface area contributed by atoms with Gasteiger partial charge in [-0.2, -0.15) is 0 Å². The first-order valence-corrected chi connectivity index (χ1v) is 8.84. The van der Waals surface area contributed by atoms with Crippen LogP contribution in [0, 0.1) is 0 Å². The van der Waals surface area contributed by atoms with Crippen LogP contribution >= 0.6 is 11.6 Å². The summed E-state index contributed by atoms with van der Waals surface area (Å²) in [6, 6.07) is 6.27. The third-order valence-electron chi connectivity index (χ3n) is 5.03. The first-order valence-electron chi connectivity index (χ1n) is 8.46. The van der Waals surface area contributed by atoms with Gasteiger partial charge in [-0.15, -0.1) is 10.2 Å². The minimum Gasteiger partial charge on any atom is -0.383 e. The number of imide groups is 1. The molecule has 0 N–H and O–H groups in total. The summed E-state index contributed by atoms with van der Waals surface area (Å²) < 4.78 is 7.03. The molecule has 27 heavy (non-hydrogen) atoms. The Labute approximate surface area is 161 Å². The van der Waals surface area contributed by atoms with Crippen LogP contribution in [0.15, 0.2) is 24.3 Å². The molecule has 1 aromatic carbocycles. The largest absolute Gasteiger partial charge is 0.383 e. The summed E-state index contributed by atoms with van der Waals surface area (Å²) in [5.74, 6) is 0.843. The maximum atomic E-state index is 12.9. The van der Waals surface area contributed by atoms with Crippen molar-refractivity contribution in [2.45, 2.75) is 12.2 Å². The predicted molar refractivity (Wildman–Crippen MR) is 98.4 cm³/mol. The Hall–Kier alpha value is -2.65. The zero-order valence-electron chi connectivity index (χ0n) is 15.2. The van der Waals surface area contributed by atoms with Crippen LogP contribution in [0.3, 0.4) is 0 Å². The zero-order chi connectivity index (χ0) is 19.3. The molecule has 10 heteroatoms.